The minimum atomic E-state index is -0.354. The molecule has 2 N–H and O–H groups in total. The van der Waals surface area contributed by atoms with Gasteiger partial charge in [0.1, 0.15) is 4.83 Å². The Morgan fingerprint density at radius 2 is 2.11 bits per heavy atom. The third-order valence-electron chi connectivity index (χ3n) is 5.73. The molecule has 1 amide bonds. The summed E-state index contributed by atoms with van der Waals surface area (Å²) >= 11 is 8.79. The molecular weight excluding hydrogens is 520 g/mol. The highest BCUT2D eigenvalue weighted by Crippen LogP contribution is 2.36. The zero-order valence-electron chi connectivity index (χ0n) is 19.2. The molecule has 11 heteroatoms. The molecule has 0 unspecified atom stereocenters. The first-order valence-corrected chi connectivity index (χ1v) is 13.3. The lowest BCUT2D eigenvalue weighted by Crippen LogP contribution is -2.24. The number of hydrazone groups is 1. The molecule has 4 aromatic rings. The van der Waals surface area contributed by atoms with Gasteiger partial charge in [-0.1, -0.05) is 23.4 Å². The summed E-state index contributed by atoms with van der Waals surface area (Å²) in [6, 6.07) is 11.7. The van der Waals surface area contributed by atoms with Crippen molar-refractivity contribution in [3.63, 3.8) is 0 Å². The predicted molar refractivity (Wildman–Crippen MR) is 143 cm³/mol. The lowest BCUT2D eigenvalue weighted by atomic mass is 10.2. The first-order chi connectivity index (χ1) is 17.4. The standard InChI is InChI=1S/C25H21ClN4O4S2/c1-34-19-11-14(5-10-18(19)31)12-27-29-21(32)13-35-25-28-23-22(17-3-2-4-20(17)36-23)24(33)30(25)16-8-6-15(26)7-9-16/h5-12,31H,2-4,13H2,1H3,(H,29,32). The third-order valence-corrected chi connectivity index (χ3v) is 8.11. The van der Waals surface area contributed by atoms with Crippen molar-refractivity contribution in [3.05, 3.63) is 73.8 Å². The van der Waals surface area contributed by atoms with Gasteiger partial charge in [-0.2, -0.15) is 5.10 Å². The van der Waals surface area contributed by atoms with E-state index < -0.39 is 0 Å². The summed E-state index contributed by atoms with van der Waals surface area (Å²) in [6.45, 7) is 0. The quantitative estimate of drug-likeness (QED) is 0.154. The van der Waals surface area contributed by atoms with Crippen LogP contribution in [0.1, 0.15) is 22.4 Å². The average Bonchev–Trinajstić information content (AvgIpc) is 3.46. The minimum absolute atomic E-state index is 0.00681. The van der Waals surface area contributed by atoms with Crippen molar-refractivity contribution < 1.29 is 14.6 Å². The Morgan fingerprint density at radius 1 is 1.31 bits per heavy atom. The normalized spacial score (nSPS) is 12.8. The summed E-state index contributed by atoms with van der Waals surface area (Å²) in [5.74, 6) is -0.0238. The smallest absolute Gasteiger partial charge is 0.267 e. The topological polar surface area (TPSA) is 106 Å². The van der Waals surface area contributed by atoms with Crippen LogP contribution in [0.15, 0.2) is 57.5 Å². The van der Waals surface area contributed by atoms with Gasteiger partial charge >= 0.3 is 0 Å². The van der Waals surface area contributed by atoms with Crippen LogP contribution in [0.4, 0.5) is 0 Å². The van der Waals surface area contributed by atoms with E-state index in [2.05, 4.69) is 10.5 Å². The van der Waals surface area contributed by atoms with Crippen LogP contribution in [0.2, 0.25) is 5.02 Å². The number of thioether (sulfide) groups is 1. The van der Waals surface area contributed by atoms with Crippen LogP contribution in [0.25, 0.3) is 15.9 Å². The second-order valence-corrected chi connectivity index (χ2v) is 10.5. The van der Waals surface area contributed by atoms with Gasteiger partial charge in [-0.3, -0.25) is 14.2 Å². The summed E-state index contributed by atoms with van der Waals surface area (Å²) in [6.07, 6.45) is 4.34. The molecule has 1 aliphatic rings. The Bertz CT molecular complexity index is 1550. The number of ether oxygens (including phenoxy) is 1. The van der Waals surface area contributed by atoms with Crippen LogP contribution >= 0.6 is 34.7 Å². The van der Waals surface area contributed by atoms with E-state index in [9.17, 15) is 14.7 Å². The molecular formula is C25H21ClN4O4S2. The van der Waals surface area contributed by atoms with Crippen molar-refractivity contribution >= 4 is 57.0 Å². The second kappa shape index (κ2) is 10.3. The number of hydrogen-bond donors (Lipinski definition) is 2. The van der Waals surface area contributed by atoms with Gasteiger partial charge in [-0.05, 0) is 72.9 Å². The number of halogens is 1. The van der Waals surface area contributed by atoms with Gasteiger partial charge in [-0.15, -0.1) is 11.3 Å². The first kappa shape index (κ1) is 24.4. The molecule has 36 heavy (non-hydrogen) atoms. The lowest BCUT2D eigenvalue weighted by molar-refractivity contribution is -0.118. The molecule has 0 saturated carbocycles. The van der Waals surface area contributed by atoms with Crippen molar-refractivity contribution in [2.24, 2.45) is 5.10 Å². The molecule has 1 aliphatic carbocycles. The van der Waals surface area contributed by atoms with E-state index in [1.54, 1.807) is 52.3 Å². The van der Waals surface area contributed by atoms with Crippen molar-refractivity contribution in [1.29, 1.82) is 0 Å². The van der Waals surface area contributed by atoms with Crippen LogP contribution in [-0.4, -0.2) is 39.6 Å². The number of nitrogens with zero attached hydrogens (tertiary/aromatic N) is 3. The van der Waals surface area contributed by atoms with Gasteiger partial charge in [0.05, 0.1) is 30.2 Å². The summed E-state index contributed by atoms with van der Waals surface area (Å²) in [5, 5.41) is 15.3. The van der Waals surface area contributed by atoms with Gasteiger partial charge < -0.3 is 9.84 Å². The SMILES string of the molecule is COc1cc(C=NNC(=O)CSc2nc3sc4c(c3c(=O)n2-c2ccc(Cl)cc2)CCC4)ccc1O. The number of hydrogen-bond acceptors (Lipinski definition) is 8. The summed E-state index contributed by atoms with van der Waals surface area (Å²) in [5.41, 5.74) is 4.73. The third kappa shape index (κ3) is 4.84. The number of carbonyl (C=O) groups excluding carboxylic acids is 1. The number of aromatic nitrogens is 2. The maximum absolute atomic E-state index is 13.6. The molecule has 8 nitrogen and oxygen atoms in total. The minimum Gasteiger partial charge on any atom is -0.504 e. The van der Waals surface area contributed by atoms with E-state index in [-0.39, 0.29) is 23.0 Å². The highest BCUT2D eigenvalue weighted by Gasteiger charge is 2.24. The molecule has 0 saturated heterocycles. The van der Waals surface area contributed by atoms with Crippen LogP contribution < -0.4 is 15.7 Å². The Labute approximate surface area is 219 Å². The van der Waals surface area contributed by atoms with E-state index in [1.165, 1.54) is 24.3 Å². The number of rotatable bonds is 7. The van der Waals surface area contributed by atoms with Gasteiger partial charge in [0.2, 0.25) is 0 Å². The molecule has 2 heterocycles. The van der Waals surface area contributed by atoms with E-state index in [0.29, 0.717) is 37.4 Å². The number of aromatic hydroxyl groups is 1. The van der Waals surface area contributed by atoms with E-state index in [0.717, 1.165) is 36.6 Å². The second-order valence-electron chi connectivity index (χ2n) is 8.06. The summed E-state index contributed by atoms with van der Waals surface area (Å²) < 4.78 is 6.62. The molecule has 0 aliphatic heterocycles. The molecule has 0 radical (unpaired) electrons. The Morgan fingerprint density at radius 3 is 2.89 bits per heavy atom. The Kier molecular flexibility index (Phi) is 6.99. The lowest BCUT2D eigenvalue weighted by Gasteiger charge is -2.12. The van der Waals surface area contributed by atoms with Crippen molar-refractivity contribution in [2.75, 3.05) is 12.9 Å². The fourth-order valence-corrected chi connectivity index (χ4v) is 6.29. The molecule has 0 fully saturated rings. The average molecular weight is 541 g/mol. The number of phenolic OH excluding ortho intramolecular Hbond substituents is 1. The number of nitrogens with one attached hydrogen (secondary N) is 1. The number of carbonyl (C=O) groups is 1. The molecule has 2 aromatic carbocycles. The number of methoxy groups -OCH3 is 1. The van der Waals surface area contributed by atoms with Crippen LogP contribution in [0.3, 0.4) is 0 Å². The summed E-state index contributed by atoms with van der Waals surface area (Å²) in [7, 11) is 1.45. The summed E-state index contributed by atoms with van der Waals surface area (Å²) in [4.78, 5) is 32.8. The maximum Gasteiger partial charge on any atom is 0.267 e. The number of amides is 1. The van der Waals surface area contributed by atoms with Gasteiger partial charge in [0.15, 0.2) is 16.7 Å². The number of fused-ring (bicyclic) bond motifs is 3. The number of aryl methyl sites for hydroxylation is 2. The van der Waals surface area contributed by atoms with Gasteiger partial charge in [-0.25, -0.2) is 10.4 Å². The number of thiophene rings is 1. The van der Waals surface area contributed by atoms with E-state index in [1.807, 2.05) is 0 Å². The zero-order chi connectivity index (χ0) is 25.2. The number of phenols is 1. The molecule has 0 bridgehead atoms. The van der Waals surface area contributed by atoms with Gasteiger partial charge in [0, 0.05) is 9.90 Å². The van der Waals surface area contributed by atoms with Crippen LogP contribution in [-0.2, 0) is 17.6 Å². The first-order valence-electron chi connectivity index (χ1n) is 11.1. The maximum atomic E-state index is 13.6. The Balaban J connectivity index is 1.38. The monoisotopic (exact) mass is 540 g/mol. The van der Waals surface area contributed by atoms with E-state index >= 15 is 0 Å². The largest absolute Gasteiger partial charge is 0.504 e. The predicted octanol–water partition coefficient (Wildman–Crippen LogP) is 4.55. The van der Waals surface area contributed by atoms with Crippen LogP contribution in [0.5, 0.6) is 11.5 Å². The fourth-order valence-electron chi connectivity index (χ4n) is 4.06. The molecule has 0 spiro atoms. The highest BCUT2D eigenvalue weighted by atomic mass is 35.5. The van der Waals surface area contributed by atoms with Crippen LogP contribution in [0, 0.1) is 0 Å². The molecule has 184 valence electrons. The Hall–Kier alpha value is -3.34. The number of benzene rings is 2. The zero-order valence-corrected chi connectivity index (χ0v) is 21.5. The van der Waals surface area contributed by atoms with Crippen molar-refractivity contribution in [1.82, 2.24) is 15.0 Å². The van der Waals surface area contributed by atoms with Crippen molar-refractivity contribution in [3.8, 4) is 17.2 Å². The highest BCUT2D eigenvalue weighted by molar-refractivity contribution is 7.99. The molecule has 0 atom stereocenters. The molecule has 5 rings (SSSR count). The fraction of sp³-hybridized carbons (Fsp3) is 0.200. The molecule has 2 aromatic heterocycles. The van der Waals surface area contributed by atoms with Gasteiger partial charge in [0.25, 0.3) is 11.5 Å². The van der Waals surface area contributed by atoms with E-state index in [4.69, 9.17) is 21.3 Å². The van der Waals surface area contributed by atoms with Crippen molar-refractivity contribution in [2.45, 2.75) is 24.4 Å².